The summed E-state index contributed by atoms with van der Waals surface area (Å²) in [5.74, 6) is -0.693. The van der Waals surface area contributed by atoms with Crippen LogP contribution in [0.4, 0.5) is 17.6 Å². The Balaban J connectivity index is 1.80. The van der Waals surface area contributed by atoms with Crippen molar-refractivity contribution in [2.75, 3.05) is 32.7 Å². The summed E-state index contributed by atoms with van der Waals surface area (Å²) in [4.78, 5) is 26.2. The van der Waals surface area contributed by atoms with Crippen LogP contribution in [-0.2, 0) is 17.6 Å². The smallest absolute Gasteiger partial charge is 0.391 e. The molecule has 0 radical (unpaired) electrons. The van der Waals surface area contributed by atoms with Gasteiger partial charge in [-0.25, -0.2) is 4.39 Å². The highest BCUT2D eigenvalue weighted by atomic mass is 19.4. The number of carbonyl (C=O) groups is 2. The minimum atomic E-state index is -4.66. The molecule has 1 atom stereocenters. The van der Waals surface area contributed by atoms with Gasteiger partial charge >= 0.3 is 6.18 Å². The third-order valence-electron chi connectivity index (χ3n) is 5.37. The average molecular weight is 447 g/mol. The van der Waals surface area contributed by atoms with Gasteiger partial charge in [0, 0.05) is 18.7 Å². The van der Waals surface area contributed by atoms with Crippen molar-refractivity contribution in [3.63, 3.8) is 0 Å². The van der Waals surface area contributed by atoms with Crippen LogP contribution in [0.5, 0.6) is 0 Å². The van der Waals surface area contributed by atoms with Gasteiger partial charge in [0.15, 0.2) is 0 Å². The van der Waals surface area contributed by atoms with E-state index in [1.807, 2.05) is 11.8 Å². The maximum atomic E-state index is 13.0. The Kier molecular flexibility index (Phi) is 9.24. The molecule has 0 saturated carbocycles. The fraction of sp³-hybridized carbons (Fsp3) is 0.619. The predicted octanol–water partition coefficient (Wildman–Crippen LogP) is 2.50. The van der Waals surface area contributed by atoms with Crippen molar-refractivity contribution in [2.45, 2.75) is 45.1 Å². The topological polar surface area (TPSA) is 81.7 Å². The lowest BCUT2D eigenvalue weighted by Gasteiger charge is -2.31. The van der Waals surface area contributed by atoms with E-state index in [9.17, 15) is 32.3 Å². The van der Waals surface area contributed by atoms with Gasteiger partial charge < -0.3 is 15.7 Å². The van der Waals surface area contributed by atoms with E-state index < -0.39 is 30.4 Å². The number of aliphatic hydroxyl groups excluding tert-OH is 1. The standard InChI is InChI=1S/C21H29F4N3O3/c1-2-18(29)12-26-19(30)13-28-5-3-14(4-6-28)11-27-20(31)16-7-15(10-22)8-17(9-16)21(23,24)25/h7-9,14,18,29H,2-6,10-13H2,1H3,(H,26,30)(H,27,31). The molecule has 3 N–H and O–H groups in total. The van der Waals surface area contributed by atoms with Gasteiger partial charge in [0.05, 0.1) is 18.2 Å². The lowest BCUT2D eigenvalue weighted by atomic mass is 9.96. The minimum absolute atomic E-state index is 0.136. The Bertz CT molecular complexity index is 750. The zero-order valence-electron chi connectivity index (χ0n) is 17.5. The van der Waals surface area contributed by atoms with E-state index in [2.05, 4.69) is 10.6 Å². The summed E-state index contributed by atoms with van der Waals surface area (Å²) >= 11 is 0. The molecule has 2 amide bonds. The molecule has 0 aromatic heterocycles. The van der Waals surface area contributed by atoms with Gasteiger partial charge in [-0.05, 0) is 62.0 Å². The summed E-state index contributed by atoms with van der Waals surface area (Å²) in [6.07, 6.45) is -3.20. The molecule has 1 heterocycles. The fourth-order valence-electron chi connectivity index (χ4n) is 3.39. The van der Waals surface area contributed by atoms with Crippen molar-refractivity contribution in [2.24, 2.45) is 5.92 Å². The molecule has 0 bridgehead atoms. The molecule has 1 aromatic rings. The van der Waals surface area contributed by atoms with E-state index >= 15 is 0 Å². The van der Waals surface area contributed by atoms with Gasteiger partial charge in [-0.3, -0.25) is 14.5 Å². The molecule has 0 spiro atoms. The second kappa shape index (κ2) is 11.4. The van der Waals surface area contributed by atoms with Crippen LogP contribution in [0.3, 0.4) is 0 Å². The largest absolute Gasteiger partial charge is 0.416 e. The molecule has 1 saturated heterocycles. The van der Waals surface area contributed by atoms with Crippen LogP contribution < -0.4 is 10.6 Å². The first kappa shape index (κ1) is 25.1. The van der Waals surface area contributed by atoms with E-state index in [0.29, 0.717) is 32.1 Å². The van der Waals surface area contributed by atoms with Crippen LogP contribution in [0, 0.1) is 5.92 Å². The summed E-state index contributed by atoms with van der Waals surface area (Å²) in [6.45, 7) is 2.78. The summed E-state index contributed by atoms with van der Waals surface area (Å²) < 4.78 is 51.8. The fourth-order valence-corrected chi connectivity index (χ4v) is 3.39. The van der Waals surface area contributed by atoms with Crippen LogP contribution in [0.25, 0.3) is 0 Å². The summed E-state index contributed by atoms with van der Waals surface area (Å²) in [6, 6.07) is 2.55. The number of piperidine rings is 1. The van der Waals surface area contributed by atoms with Gasteiger partial charge in [0.25, 0.3) is 5.91 Å². The number of halogens is 4. The highest BCUT2D eigenvalue weighted by Crippen LogP contribution is 2.31. The number of nitrogens with one attached hydrogen (secondary N) is 2. The Morgan fingerprint density at radius 2 is 1.87 bits per heavy atom. The highest BCUT2D eigenvalue weighted by molar-refractivity contribution is 5.94. The van der Waals surface area contributed by atoms with Crippen LogP contribution in [0.15, 0.2) is 18.2 Å². The van der Waals surface area contributed by atoms with Crippen molar-refractivity contribution in [1.82, 2.24) is 15.5 Å². The van der Waals surface area contributed by atoms with Gasteiger partial charge in [-0.2, -0.15) is 13.2 Å². The van der Waals surface area contributed by atoms with Crippen molar-refractivity contribution < 1.29 is 32.3 Å². The van der Waals surface area contributed by atoms with Crippen LogP contribution >= 0.6 is 0 Å². The molecule has 6 nitrogen and oxygen atoms in total. The number of nitrogens with zero attached hydrogens (tertiary/aromatic N) is 1. The first-order chi connectivity index (χ1) is 14.6. The lowest BCUT2D eigenvalue weighted by Crippen LogP contribution is -2.44. The predicted molar refractivity (Wildman–Crippen MR) is 107 cm³/mol. The molecule has 1 unspecified atom stereocenters. The van der Waals surface area contributed by atoms with Crippen molar-refractivity contribution in [3.05, 3.63) is 34.9 Å². The third-order valence-corrected chi connectivity index (χ3v) is 5.37. The molecular weight excluding hydrogens is 418 g/mol. The van der Waals surface area contributed by atoms with E-state index in [4.69, 9.17) is 0 Å². The number of amides is 2. The van der Waals surface area contributed by atoms with E-state index in [0.717, 1.165) is 25.0 Å². The zero-order chi connectivity index (χ0) is 23.0. The summed E-state index contributed by atoms with van der Waals surface area (Å²) in [5, 5.41) is 14.8. The summed E-state index contributed by atoms with van der Waals surface area (Å²) in [5.41, 5.74) is -1.46. The molecule has 1 aromatic carbocycles. The molecule has 174 valence electrons. The molecule has 0 aliphatic carbocycles. The molecule has 10 heteroatoms. The van der Waals surface area contributed by atoms with E-state index in [1.54, 1.807) is 0 Å². The SMILES string of the molecule is CCC(O)CNC(=O)CN1CCC(CNC(=O)c2cc(CF)cc(C(F)(F)F)c2)CC1. The van der Waals surface area contributed by atoms with Crippen molar-refractivity contribution >= 4 is 11.8 Å². The number of hydrogen-bond acceptors (Lipinski definition) is 4. The van der Waals surface area contributed by atoms with Crippen molar-refractivity contribution in [1.29, 1.82) is 0 Å². The molecular formula is C21H29F4N3O3. The zero-order valence-corrected chi connectivity index (χ0v) is 17.5. The Hall–Kier alpha value is -2.20. The first-order valence-corrected chi connectivity index (χ1v) is 10.3. The average Bonchev–Trinajstić information content (AvgIpc) is 2.75. The minimum Gasteiger partial charge on any atom is -0.391 e. The maximum absolute atomic E-state index is 13.0. The molecule has 2 rings (SSSR count). The number of rotatable bonds is 9. The van der Waals surface area contributed by atoms with Crippen LogP contribution in [0.2, 0.25) is 0 Å². The van der Waals surface area contributed by atoms with Crippen LogP contribution in [-0.4, -0.2) is 60.6 Å². The third kappa shape index (κ3) is 8.10. The molecule has 1 fully saturated rings. The lowest BCUT2D eigenvalue weighted by molar-refractivity contribution is -0.137. The molecule has 1 aliphatic heterocycles. The van der Waals surface area contributed by atoms with E-state index in [-0.39, 0.29) is 36.0 Å². The Labute approximate surface area is 179 Å². The van der Waals surface area contributed by atoms with Crippen LogP contribution in [0.1, 0.15) is 47.7 Å². The monoisotopic (exact) mass is 447 g/mol. The number of hydrogen-bond donors (Lipinski definition) is 3. The number of alkyl halides is 4. The first-order valence-electron chi connectivity index (χ1n) is 10.3. The normalized spacial score (nSPS) is 16.7. The van der Waals surface area contributed by atoms with Gasteiger partial charge in [0.2, 0.25) is 5.91 Å². The number of aliphatic hydroxyl groups is 1. The second-order valence-corrected chi connectivity index (χ2v) is 7.85. The van der Waals surface area contributed by atoms with Crippen molar-refractivity contribution in [3.8, 4) is 0 Å². The van der Waals surface area contributed by atoms with Gasteiger partial charge in [-0.15, -0.1) is 0 Å². The number of benzene rings is 1. The van der Waals surface area contributed by atoms with Gasteiger partial charge in [0.1, 0.15) is 6.67 Å². The Morgan fingerprint density at radius 1 is 1.19 bits per heavy atom. The summed E-state index contributed by atoms with van der Waals surface area (Å²) in [7, 11) is 0. The maximum Gasteiger partial charge on any atom is 0.416 e. The Morgan fingerprint density at radius 3 is 2.45 bits per heavy atom. The number of carbonyl (C=O) groups excluding carboxylic acids is 2. The number of likely N-dealkylation sites (tertiary alicyclic amines) is 1. The second-order valence-electron chi connectivity index (χ2n) is 7.85. The highest BCUT2D eigenvalue weighted by Gasteiger charge is 2.32. The van der Waals surface area contributed by atoms with E-state index in [1.165, 1.54) is 0 Å². The molecule has 1 aliphatic rings. The van der Waals surface area contributed by atoms with Gasteiger partial charge in [-0.1, -0.05) is 6.92 Å². The quantitative estimate of drug-likeness (QED) is 0.508. The molecule has 31 heavy (non-hydrogen) atoms.